The molecule has 1 rings (SSSR count). The van der Waals surface area contributed by atoms with Gasteiger partial charge in [-0.2, -0.15) is 0 Å². The van der Waals surface area contributed by atoms with E-state index >= 15 is 0 Å². The Morgan fingerprint density at radius 2 is 1.54 bits per heavy atom. The second-order valence-corrected chi connectivity index (χ2v) is 3.86. The largest absolute Gasteiger partial charge is 0.378 e. The Bertz CT molecular complexity index is 160. The van der Waals surface area contributed by atoms with E-state index in [1.54, 1.807) is 14.2 Å². The molecule has 1 aliphatic rings. The molecule has 3 nitrogen and oxygen atoms in total. The van der Waals surface area contributed by atoms with Crippen molar-refractivity contribution in [3.63, 3.8) is 0 Å². The highest BCUT2D eigenvalue weighted by atomic mass is 16.7. The van der Waals surface area contributed by atoms with Crippen molar-refractivity contribution in [1.82, 2.24) is 0 Å². The minimum atomic E-state index is -0.0867. The Labute approximate surface area is 80.4 Å². The first kappa shape index (κ1) is 11.0. The summed E-state index contributed by atoms with van der Waals surface area (Å²) in [4.78, 5) is 0. The third-order valence-electron chi connectivity index (χ3n) is 3.09. The van der Waals surface area contributed by atoms with Crippen molar-refractivity contribution in [1.29, 1.82) is 0 Å². The summed E-state index contributed by atoms with van der Waals surface area (Å²) >= 11 is 0. The highest BCUT2D eigenvalue weighted by molar-refractivity contribution is 4.83. The van der Waals surface area contributed by atoms with Crippen LogP contribution in [0.2, 0.25) is 0 Å². The van der Waals surface area contributed by atoms with E-state index in [1.165, 1.54) is 0 Å². The Kier molecular flexibility index (Phi) is 3.71. The van der Waals surface area contributed by atoms with Crippen LogP contribution >= 0.6 is 0 Å². The van der Waals surface area contributed by atoms with Crippen LogP contribution < -0.4 is 0 Å². The maximum absolute atomic E-state index is 5.67. The summed E-state index contributed by atoms with van der Waals surface area (Å²) in [6, 6.07) is 0. The fraction of sp³-hybridized carbons (Fsp3) is 1.00. The van der Waals surface area contributed by atoms with Crippen LogP contribution in [0.3, 0.4) is 0 Å². The fourth-order valence-corrected chi connectivity index (χ4v) is 2.06. The Morgan fingerprint density at radius 1 is 0.923 bits per heavy atom. The lowest BCUT2D eigenvalue weighted by Gasteiger charge is -2.42. The van der Waals surface area contributed by atoms with Crippen molar-refractivity contribution < 1.29 is 14.2 Å². The molecule has 0 aromatic carbocycles. The minimum Gasteiger partial charge on any atom is -0.378 e. The van der Waals surface area contributed by atoms with Gasteiger partial charge in [0.25, 0.3) is 0 Å². The molecule has 0 aromatic rings. The lowest BCUT2D eigenvalue weighted by Crippen LogP contribution is -2.49. The molecule has 0 aromatic heterocycles. The van der Waals surface area contributed by atoms with Crippen molar-refractivity contribution >= 4 is 0 Å². The summed E-state index contributed by atoms with van der Waals surface area (Å²) < 4.78 is 16.3. The van der Waals surface area contributed by atoms with Gasteiger partial charge in [0, 0.05) is 20.1 Å². The molecule has 2 unspecified atom stereocenters. The SMILES string of the molecule is CO[C@@H]1OC(C)[C@H](OC)[C@H](C)C1C. The molecule has 0 amide bonds. The normalized spacial score (nSPS) is 46.4. The van der Waals surface area contributed by atoms with Crippen LogP contribution in [0.5, 0.6) is 0 Å². The quantitative estimate of drug-likeness (QED) is 0.659. The Balaban J connectivity index is 2.66. The molecule has 0 N–H and O–H groups in total. The summed E-state index contributed by atoms with van der Waals surface area (Å²) in [5.74, 6) is 0.852. The topological polar surface area (TPSA) is 27.7 Å². The molecule has 1 heterocycles. The zero-order valence-corrected chi connectivity index (χ0v) is 9.11. The molecular weight excluding hydrogens is 168 g/mol. The number of methoxy groups -OCH3 is 2. The third kappa shape index (κ3) is 2.03. The molecule has 3 heteroatoms. The van der Waals surface area contributed by atoms with Gasteiger partial charge in [0.2, 0.25) is 0 Å². The van der Waals surface area contributed by atoms with Gasteiger partial charge in [0.1, 0.15) is 0 Å². The lowest BCUT2D eigenvalue weighted by atomic mass is 9.85. The second kappa shape index (κ2) is 4.40. The predicted octanol–water partition coefficient (Wildman–Crippen LogP) is 1.66. The van der Waals surface area contributed by atoms with Crippen molar-refractivity contribution in [3.05, 3.63) is 0 Å². The molecule has 1 aliphatic heterocycles. The molecule has 13 heavy (non-hydrogen) atoms. The first-order valence-electron chi connectivity index (χ1n) is 4.82. The van der Waals surface area contributed by atoms with Crippen LogP contribution in [-0.4, -0.2) is 32.7 Å². The Morgan fingerprint density at radius 3 is 2.00 bits per heavy atom. The lowest BCUT2D eigenvalue weighted by molar-refractivity contribution is -0.253. The molecule has 78 valence electrons. The maximum atomic E-state index is 5.67. The zero-order valence-electron chi connectivity index (χ0n) is 9.11. The van der Waals surface area contributed by atoms with Gasteiger partial charge in [-0.25, -0.2) is 0 Å². The van der Waals surface area contributed by atoms with E-state index < -0.39 is 0 Å². The summed E-state index contributed by atoms with van der Waals surface area (Å²) in [5, 5.41) is 0. The monoisotopic (exact) mass is 188 g/mol. The number of hydrogen-bond donors (Lipinski definition) is 0. The van der Waals surface area contributed by atoms with Crippen molar-refractivity contribution in [2.75, 3.05) is 14.2 Å². The third-order valence-corrected chi connectivity index (χ3v) is 3.09. The van der Waals surface area contributed by atoms with Crippen LogP contribution in [0, 0.1) is 11.8 Å². The van der Waals surface area contributed by atoms with Gasteiger partial charge in [-0.15, -0.1) is 0 Å². The first-order valence-corrected chi connectivity index (χ1v) is 4.82. The minimum absolute atomic E-state index is 0.0867. The van der Waals surface area contributed by atoms with E-state index in [0.717, 1.165) is 0 Å². The van der Waals surface area contributed by atoms with E-state index in [1.807, 2.05) is 6.92 Å². The van der Waals surface area contributed by atoms with E-state index in [9.17, 15) is 0 Å². The summed E-state index contributed by atoms with van der Waals surface area (Å²) in [7, 11) is 3.43. The van der Waals surface area contributed by atoms with Gasteiger partial charge in [0.15, 0.2) is 6.29 Å². The van der Waals surface area contributed by atoms with Crippen LogP contribution in [0.15, 0.2) is 0 Å². The van der Waals surface area contributed by atoms with Gasteiger partial charge in [-0.05, 0) is 12.8 Å². The van der Waals surface area contributed by atoms with Crippen molar-refractivity contribution in [2.45, 2.75) is 39.3 Å². The molecule has 0 radical (unpaired) electrons. The average Bonchev–Trinajstić information content (AvgIpc) is 2.12. The van der Waals surface area contributed by atoms with Gasteiger partial charge in [0.05, 0.1) is 12.2 Å². The molecular formula is C10H20O3. The van der Waals surface area contributed by atoms with Gasteiger partial charge in [-0.1, -0.05) is 13.8 Å². The highest BCUT2D eigenvalue weighted by Crippen LogP contribution is 2.32. The summed E-state index contributed by atoms with van der Waals surface area (Å²) in [5.41, 5.74) is 0. The number of ether oxygens (including phenoxy) is 3. The summed E-state index contributed by atoms with van der Waals surface area (Å²) in [6.45, 7) is 6.35. The van der Waals surface area contributed by atoms with Crippen LogP contribution in [0.25, 0.3) is 0 Å². The Hall–Kier alpha value is -0.120. The van der Waals surface area contributed by atoms with Gasteiger partial charge >= 0.3 is 0 Å². The molecule has 1 saturated heterocycles. The van der Waals surface area contributed by atoms with E-state index in [4.69, 9.17) is 14.2 Å². The average molecular weight is 188 g/mol. The number of hydrogen-bond acceptors (Lipinski definition) is 3. The van der Waals surface area contributed by atoms with Crippen LogP contribution in [0.1, 0.15) is 20.8 Å². The molecule has 0 saturated carbocycles. The van der Waals surface area contributed by atoms with Crippen molar-refractivity contribution in [3.8, 4) is 0 Å². The first-order chi connectivity index (χ1) is 6.11. The molecule has 0 bridgehead atoms. The predicted molar refractivity (Wildman–Crippen MR) is 50.5 cm³/mol. The fourth-order valence-electron chi connectivity index (χ4n) is 2.06. The van der Waals surface area contributed by atoms with Gasteiger partial charge < -0.3 is 14.2 Å². The van der Waals surface area contributed by atoms with Crippen molar-refractivity contribution in [2.24, 2.45) is 11.8 Å². The van der Waals surface area contributed by atoms with Crippen LogP contribution in [0.4, 0.5) is 0 Å². The molecule has 0 aliphatic carbocycles. The molecule has 5 atom stereocenters. The van der Waals surface area contributed by atoms with E-state index in [2.05, 4.69) is 13.8 Å². The zero-order chi connectivity index (χ0) is 10.0. The second-order valence-electron chi connectivity index (χ2n) is 3.86. The standard InChI is InChI=1S/C10H20O3/c1-6-7(2)10(12-5)13-8(3)9(6)11-4/h6-10H,1-5H3/t6-,7?,8?,9-,10-/m1/s1. The van der Waals surface area contributed by atoms with E-state index in [-0.39, 0.29) is 18.5 Å². The molecule has 0 spiro atoms. The number of rotatable bonds is 2. The van der Waals surface area contributed by atoms with E-state index in [0.29, 0.717) is 11.8 Å². The van der Waals surface area contributed by atoms with Crippen LogP contribution in [-0.2, 0) is 14.2 Å². The summed E-state index contributed by atoms with van der Waals surface area (Å²) in [6.07, 6.45) is 0.207. The van der Waals surface area contributed by atoms with Gasteiger partial charge in [-0.3, -0.25) is 0 Å². The maximum Gasteiger partial charge on any atom is 0.160 e. The highest BCUT2D eigenvalue weighted by Gasteiger charge is 2.39. The smallest absolute Gasteiger partial charge is 0.160 e. The molecule has 1 fully saturated rings.